The van der Waals surface area contributed by atoms with Crippen molar-refractivity contribution in [2.75, 3.05) is 6.54 Å². The minimum Gasteiger partial charge on any atom is -0.358 e. The first-order valence-corrected chi connectivity index (χ1v) is 8.61. The minimum atomic E-state index is -4.10. The van der Waals surface area contributed by atoms with Gasteiger partial charge in [-0.3, -0.25) is 0 Å². The molecule has 0 spiro atoms. The van der Waals surface area contributed by atoms with E-state index < -0.39 is 27.3 Å². The van der Waals surface area contributed by atoms with Crippen molar-refractivity contribution in [3.8, 4) is 0 Å². The zero-order valence-corrected chi connectivity index (χ0v) is 14.6. The number of alkyl halides is 2. The number of nitrogens with zero attached hydrogens (tertiary/aromatic N) is 5. The van der Waals surface area contributed by atoms with E-state index in [-0.39, 0.29) is 34.4 Å². The molecule has 0 aliphatic heterocycles. The second kappa shape index (κ2) is 7.01. The largest absolute Gasteiger partial charge is 0.408 e. The van der Waals surface area contributed by atoms with Crippen LogP contribution in [0.1, 0.15) is 17.9 Å². The molecule has 0 aliphatic rings. The van der Waals surface area contributed by atoms with E-state index in [1.807, 2.05) is 0 Å². The maximum absolute atomic E-state index is 12.8. The fourth-order valence-corrected chi connectivity index (χ4v) is 3.85. The lowest BCUT2D eigenvalue weighted by Crippen LogP contribution is -2.28. The van der Waals surface area contributed by atoms with E-state index in [4.69, 9.17) is 11.6 Å². The topological polar surface area (TPSA) is 125 Å². The number of hydrogen-bond acceptors (Lipinski definition) is 6. The van der Waals surface area contributed by atoms with Gasteiger partial charge in [0.15, 0.2) is 5.02 Å². The highest BCUT2D eigenvalue weighted by molar-refractivity contribution is 7.89. The second-order valence-corrected chi connectivity index (χ2v) is 7.05. The molecule has 2 aromatic rings. The Morgan fingerprint density at radius 1 is 1.40 bits per heavy atom. The van der Waals surface area contributed by atoms with Gasteiger partial charge in [0.1, 0.15) is 4.90 Å². The van der Waals surface area contributed by atoms with E-state index in [0.29, 0.717) is 4.68 Å². The van der Waals surface area contributed by atoms with Crippen molar-refractivity contribution in [2.45, 2.75) is 31.8 Å². The number of nitro groups is 1. The van der Waals surface area contributed by atoms with Gasteiger partial charge in [-0.1, -0.05) is 11.6 Å². The number of sulfonamides is 1. The molecule has 14 heteroatoms. The Balaban J connectivity index is 2.13. The maximum Gasteiger partial charge on any atom is 0.408 e. The van der Waals surface area contributed by atoms with Gasteiger partial charge in [-0.15, -0.1) is 0 Å². The number of halogens is 3. The second-order valence-electron chi connectivity index (χ2n) is 4.94. The Morgan fingerprint density at radius 2 is 2.04 bits per heavy atom. The van der Waals surface area contributed by atoms with Crippen molar-refractivity contribution in [3.05, 3.63) is 32.7 Å². The van der Waals surface area contributed by atoms with Crippen molar-refractivity contribution in [2.24, 2.45) is 0 Å². The predicted molar refractivity (Wildman–Crippen MR) is 82.0 cm³/mol. The summed E-state index contributed by atoms with van der Waals surface area (Å²) in [5.74, 6) is -0.547. The normalized spacial score (nSPS) is 12.1. The Bertz CT molecular complexity index is 910. The lowest BCUT2D eigenvalue weighted by atomic mass is 10.4. The van der Waals surface area contributed by atoms with Crippen LogP contribution in [0.2, 0.25) is 5.02 Å². The highest BCUT2D eigenvalue weighted by Crippen LogP contribution is 2.23. The summed E-state index contributed by atoms with van der Waals surface area (Å²) in [6.07, 6.45) is 1.18. The van der Waals surface area contributed by atoms with Gasteiger partial charge in [0.25, 0.3) is 0 Å². The summed E-state index contributed by atoms with van der Waals surface area (Å²) < 4.78 is 53.8. The average Bonchev–Trinajstić information content (AvgIpc) is 2.99. The van der Waals surface area contributed by atoms with Crippen molar-refractivity contribution >= 4 is 27.4 Å². The van der Waals surface area contributed by atoms with Crippen LogP contribution in [0.4, 0.5) is 14.6 Å². The van der Waals surface area contributed by atoms with Crippen molar-refractivity contribution in [3.63, 3.8) is 0 Å². The third-order valence-electron chi connectivity index (χ3n) is 3.22. The molecule has 2 rings (SSSR count). The molecule has 0 saturated carbocycles. The average molecular weight is 399 g/mol. The first kappa shape index (κ1) is 19.2. The third-order valence-corrected chi connectivity index (χ3v) is 5.20. The van der Waals surface area contributed by atoms with Crippen LogP contribution < -0.4 is 4.72 Å². The highest BCUT2D eigenvalue weighted by Gasteiger charge is 2.27. The molecule has 0 fully saturated rings. The Labute approximate surface area is 145 Å². The van der Waals surface area contributed by atoms with Crippen molar-refractivity contribution in [1.82, 2.24) is 24.3 Å². The molecular weight excluding hydrogens is 386 g/mol. The van der Waals surface area contributed by atoms with Crippen LogP contribution in [0.15, 0.2) is 11.1 Å². The van der Waals surface area contributed by atoms with E-state index in [0.717, 1.165) is 4.68 Å². The fourth-order valence-electron chi connectivity index (χ4n) is 2.22. The van der Waals surface area contributed by atoms with Gasteiger partial charge in [-0.25, -0.2) is 17.8 Å². The molecule has 10 nitrogen and oxygen atoms in total. The van der Waals surface area contributed by atoms with Crippen molar-refractivity contribution in [1.29, 1.82) is 0 Å². The Morgan fingerprint density at radius 3 is 2.52 bits per heavy atom. The van der Waals surface area contributed by atoms with Crippen LogP contribution >= 0.6 is 11.6 Å². The van der Waals surface area contributed by atoms with Gasteiger partial charge in [0.05, 0.1) is 29.2 Å². The summed E-state index contributed by atoms with van der Waals surface area (Å²) in [4.78, 5) is 9.54. The molecule has 1 N–H and O–H groups in total. The quantitative estimate of drug-likeness (QED) is 0.558. The first-order chi connectivity index (χ1) is 11.5. The zero-order chi connectivity index (χ0) is 18.9. The van der Waals surface area contributed by atoms with Gasteiger partial charge >= 0.3 is 12.4 Å². The van der Waals surface area contributed by atoms with Crippen LogP contribution in [-0.2, 0) is 16.6 Å². The molecule has 0 bridgehead atoms. The van der Waals surface area contributed by atoms with E-state index in [2.05, 4.69) is 14.9 Å². The Hall–Kier alpha value is -2.12. The minimum absolute atomic E-state index is 0.0477. The molecule has 25 heavy (non-hydrogen) atoms. The molecule has 138 valence electrons. The molecule has 2 aromatic heterocycles. The summed E-state index contributed by atoms with van der Waals surface area (Å²) in [7, 11) is -4.10. The third kappa shape index (κ3) is 3.93. The summed E-state index contributed by atoms with van der Waals surface area (Å²) in [5.41, 5.74) is -0.263. The van der Waals surface area contributed by atoms with Gasteiger partial charge < -0.3 is 10.1 Å². The lowest BCUT2D eigenvalue weighted by molar-refractivity contribution is -0.389. The number of nitrogens with one attached hydrogen (secondary N) is 1. The summed E-state index contributed by atoms with van der Waals surface area (Å²) >= 11 is 5.63. The van der Waals surface area contributed by atoms with Crippen LogP contribution in [0.25, 0.3) is 0 Å². The monoisotopic (exact) mass is 398 g/mol. The van der Waals surface area contributed by atoms with Crippen LogP contribution in [0.3, 0.4) is 0 Å². The summed E-state index contributed by atoms with van der Waals surface area (Å²) in [6.45, 7) is -0.673. The maximum atomic E-state index is 12.8. The molecular formula is C11H13ClF2N6O4S. The van der Waals surface area contributed by atoms with Crippen molar-refractivity contribution < 1.29 is 22.1 Å². The summed E-state index contributed by atoms with van der Waals surface area (Å²) in [5, 5.41) is 17.6. The number of aryl methyl sites for hydroxylation is 1. The smallest absolute Gasteiger partial charge is 0.358 e. The van der Waals surface area contributed by atoms with E-state index in [1.54, 1.807) is 0 Å². The molecule has 0 aromatic carbocycles. The molecule has 2 heterocycles. The fraction of sp³-hybridized carbons (Fsp3) is 0.455. The highest BCUT2D eigenvalue weighted by atomic mass is 35.5. The van der Waals surface area contributed by atoms with Gasteiger partial charge in [-0.2, -0.15) is 18.6 Å². The number of rotatable bonds is 7. The summed E-state index contributed by atoms with van der Waals surface area (Å²) in [6, 6.07) is 0. The van der Waals surface area contributed by atoms with E-state index >= 15 is 0 Å². The zero-order valence-electron chi connectivity index (χ0n) is 13.0. The predicted octanol–water partition coefficient (Wildman–Crippen LogP) is 1.63. The van der Waals surface area contributed by atoms with E-state index in [9.17, 15) is 27.3 Å². The molecule has 0 amide bonds. The molecule has 0 atom stereocenters. The number of aromatic nitrogens is 4. The Kier molecular flexibility index (Phi) is 5.39. The van der Waals surface area contributed by atoms with Gasteiger partial charge in [-0.05, 0) is 18.8 Å². The first-order valence-electron chi connectivity index (χ1n) is 6.75. The van der Waals surface area contributed by atoms with Crippen LogP contribution in [-0.4, -0.2) is 39.4 Å². The molecule has 0 aliphatic carbocycles. The van der Waals surface area contributed by atoms with Crippen LogP contribution in [0.5, 0.6) is 0 Å². The van der Waals surface area contributed by atoms with Gasteiger partial charge in [0, 0.05) is 6.54 Å². The molecule has 0 unspecified atom stereocenters. The lowest BCUT2D eigenvalue weighted by Gasteiger charge is -2.07. The van der Waals surface area contributed by atoms with Gasteiger partial charge in [0.2, 0.25) is 10.0 Å². The molecule has 0 radical (unpaired) electrons. The number of hydrogen-bond donors (Lipinski definition) is 1. The van der Waals surface area contributed by atoms with Crippen LogP contribution in [0, 0.1) is 24.0 Å². The van der Waals surface area contributed by atoms with E-state index in [1.165, 1.54) is 20.0 Å². The SMILES string of the molecule is Cc1nn(C(F)F)c(C)c1S(=O)(=O)NCCn1cc(Cl)c([N+](=O)[O-])n1. The molecule has 0 saturated heterocycles. The standard InChI is InChI=1S/C11H13ClF2N6O4S/c1-6-9(7(2)19(16-6)11(13)14)25(23,24)15-3-4-18-5-8(12)10(17-18)20(21)22/h5,11,15H,3-4H2,1-2H3.